The van der Waals surface area contributed by atoms with Crippen LogP contribution in [0.1, 0.15) is 16.1 Å². The number of hydrogen-bond donors (Lipinski definition) is 1. The van der Waals surface area contributed by atoms with E-state index in [1.54, 1.807) is 10.9 Å². The summed E-state index contributed by atoms with van der Waals surface area (Å²) in [4.78, 5) is 16.9. The van der Waals surface area contributed by atoms with E-state index in [9.17, 15) is 4.79 Å². The van der Waals surface area contributed by atoms with Gasteiger partial charge in [0.05, 0.1) is 17.2 Å². The van der Waals surface area contributed by atoms with Gasteiger partial charge in [0.25, 0.3) is 5.56 Å². The Bertz CT molecular complexity index is 867. The van der Waals surface area contributed by atoms with Crippen molar-refractivity contribution in [1.29, 1.82) is 0 Å². The van der Waals surface area contributed by atoms with E-state index in [2.05, 4.69) is 15.2 Å². The number of anilines is 1. The minimum absolute atomic E-state index is 0.0272. The molecule has 0 fully saturated rings. The first-order chi connectivity index (χ1) is 10.1. The predicted molar refractivity (Wildman–Crippen MR) is 83.5 cm³/mol. The fraction of sp³-hybridized carbons (Fsp3) is 0.286. The number of fused-ring (bicyclic) bond motifs is 1. The Morgan fingerprint density at radius 1 is 1.29 bits per heavy atom. The van der Waals surface area contributed by atoms with Crippen molar-refractivity contribution in [2.75, 3.05) is 5.73 Å². The average Bonchev–Trinajstić information content (AvgIpc) is 2.88. The fourth-order valence-electron chi connectivity index (χ4n) is 2.22. The summed E-state index contributed by atoms with van der Waals surface area (Å²) >= 11 is 1.34. The van der Waals surface area contributed by atoms with Crippen LogP contribution in [-0.4, -0.2) is 19.7 Å². The first-order valence-corrected chi connectivity index (χ1v) is 7.41. The van der Waals surface area contributed by atoms with Gasteiger partial charge in [-0.25, -0.2) is 4.98 Å². The summed E-state index contributed by atoms with van der Waals surface area (Å²) in [5, 5.41) is 9.64. The van der Waals surface area contributed by atoms with Crippen molar-refractivity contribution in [3.8, 4) is 0 Å². The lowest BCUT2D eigenvalue weighted by Crippen LogP contribution is -2.22. The molecule has 6 nitrogen and oxygen atoms in total. The molecule has 108 valence electrons. The minimum atomic E-state index is -0.0272. The Hall–Kier alpha value is -2.28. The molecule has 3 rings (SSSR count). The van der Waals surface area contributed by atoms with Gasteiger partial charge in [0, 0.05) is 13.0 Å². The summed E-state index contributed by atoms with van der Waals surface area (Å²) in [6.45, 7) is 4.52. The van der Waals surface area contributed by atoms with Crippen LogP contribution in [0, 0.1) is 13.8 Å². The van der Waals surface area contributed by atoms with Crippen molar-refractivity contribution >= 4 is 27.4 Å². The molecule has 0 unspecified atom stereocenters. The smallest absolute Gasteiger partial charge is 0.261 e. The predicted octanol–water partition coefficient (Wildman–Crippen LogP) is 1.69. The van der Waals surface area contributed by atoms with E-state index in [0.29, 0.717) is 23.5 Å². The average molecular weight is 301 g/mol. The Kier molecular flexibility index (Phi) is 3.42. The number of nitrogen functional groups attached to an aromatic ring is 1. The van der Waals surface area contributed by atoms with Crippen molar-refractivity contribution in [3.63, 3.8) is 0 Å². The zero-order valence-corrected chi connectivity index (χ0v) is 12.6. The van der Waals surface area contributed by atoms with Gasteiger partial charge in [-0.05, 0) is 31.0 Å². The summed E-state index contributed by atoms with van der Waals surface area (Å²) in [6, 6.07) is 3.79. The molecular weight excluding hydrogens is 286 g/mol. The normalized spacial score (nSPS) is 11.1. The van der Waals surface area contributed by atoms with Crippen LogP contribution in [0.25, 0.3) is 10.9 Å². The quantitative estimate of drug-likeness (QED) is 0.795. The number of aromatic nitrogens is 4. The highest BCUT2D eigenvalue weighted by molar-refractivity contribution is 7.15. The third kappa shape index (κ3) is 2.52. The molecular formula is C14H15N5OS. The third-order valence-electron chi connectivity index (χ3n) is 3.57. The Morgan fingerprint density at radius 2 is 2.10 bits per heavy atom. The second kappa shape index (κ2) is 5.25. The first-order valence-electron chi connectivity index (χ1n) is 6.59. The molecule has 0 aliphatic heterocycles. The van der Waals surface area contributed by atoms with Gasteiger partial charge in [0.15, 0.2) is 0 Å². The van der Waals surface area contributed by atoms with Crippen LogP contribution < -0.4 is 11.3 Å². The van der Waals surface area contributed by atoms with E-state index in [-0.39, 0.29) is 5.56 Å². The molecule has 0 bridgehead atoms. The van der Waals surface area contributed by atoms with Crippen molar-refractivity contribution in [2.45, 2.75) is 26.8 Å². The van der Waals surface area contributed by atoms with Crippen LogP contribution in [0.5, 0.6) is 0 Å². The summed E-state index contributed by atoms with van der Waals surface area (Å²) in [7, 11) is 0. The molecule has 0 aliphatic carbocycles. The molecule has 0 amide bonds. The summed E-state index contributed by atoms with van der Waals surface area (Å²) in [6.07, 6.45) is 2.22. The zero-order chi connectivity index (χ0) is 15.0. The molecule has 21 heavy (non-hydrogen) atoms. The lowest BCUT2D eigenvalue weighted by molar-refractivity contribution is 0.657. The zero-order valence-electron chi connectivity index (χ0n) is 11.8. The Morgan fingerprint density at radius 3 is 2.81 bits per heavy atom. The lowest BCUT2D eigenvalue weighted by atomic mass is 10.1. The van der Waals surface area contributed by atoms with Gasteiger partial charge in [-0.15, -0.1) is 10.2 Å². The van der Waals surface area contributed by atoms with Crippen LogP contribution in [0.4, 0.5) is 5.13 Å². The minimum Gasteiger partial charge on any atom is -0.374 e. The van der Waals surface area contributed by atoms with Crippen LogP contribution in [0.15, 0.2) is 23.3 Å². The van der Waals surface area contributed by atoms with Gasteiger partial charge >= 0.3 is 0 Å². The van der Waals surface area contributed by atoms with E-state index in [0.717, 1.165) is 21.7 Å². The van der Waals surface area contributed by atoms with Crippen LogP contribution in [0.3, 0.4) is 0 Å². The van der Waals surface area contributed by atoms with E-state index in [1.807, 2.05) is 26.0 Å². The maximum atomic E-state index is 12.5. The van der Waals surface area contributed by atoms with E-state index >= 15 is 0 Å². The van der Waals surface area contributed by atoms with Gasteiger partial charge in [-0.2, -0.15) is 0 Å². The molecule has 0 saturated carbocycles. The molecule has 2 N–H and O–H groups in total. The van der Waals surface area contributed by atoms with E-state index < -0.39 is 0 Å². The monoisotopic (exact) mass is 301 g/mol. The maximum Gasteiger partial charge on any atom is 0.261 e. The van der Waals surface area contributed by atoms with Crippen LogP contribution >= 0.6 is 11.3 Å². The number of rotatable bonds is 3. The van der Waals surface area contributed by atoms with Gasteiger partial charge < -0.3 is 5.73 Å². The van der Waals surface area contributed by atoms with Gasteiger partial charge in [0.1, 0.15) is 5.01 Å². The molecule has 0 spiro atoms. The van der Waals surface area contributed by atoms with Crippen LogP contribution in [-0.2, 0) is 13.0 Å². The van der Waals surface area contributed by atoms with Gasteiger partial charge in [-0.3, -0.25) is 9.36 Å². The first kappa shape index (κ1) is 13.7. The molecule has 1 aromatic carbocycles. The molecule has 0 saturated heterocycles. The Labute approximate surface area is 125 Å². The highest BCUT2D eigenvalue weighted by Crippen LogP contribution is 2.16. The number of nitrogens with two attached hydrogens (primary N) is 1. The molecule has 2 aromatic heterocycles. The number of hydrogen-bond acceptors (Lipinski definition) is 6. The van der Waals surface area contributed by atoms with E-state index in [4.69, 9.17) is 5.73 Å². The molecule has 0 radical (unpaired) electrons. The SMILES string of the molecule is Cc1ccc2c(=O)n(CCc3nnc(N)s3)cnc2c1C. The Balaban J connectivity index is 1.95. The lowest BCUT2D eigenvalue weighted by Gasteiger charge is -2.08. The molecule has 3 aromatic rings. The molecule has 7 heteroatoms. The molecule has 2 heterocycles. The van der Waals surface area contributed by atoms with Gasteiger partial charge in [0.2, 0.25) is 5.13 Å². The van der Waals surface area contributed by atoms with Crippen molar-refractivity contribution in [3.05, 3.63) is 44.9 Å². The number of aryl methyl sites for hydroxylation is 4. The standard InChI is InChI=1S/C14H15N5OS/c1-8-3-4-10-12(9(8)2)16-7-19(13(10)20)6-5-11-17-18-14(15)21-11/h3-4,7H,5-6H2,1-2H3,(H2,15,18). The maximum absolute atomic E-state index is 12.5. The second-order valence-electron chi connectivity index (χ2n) is 4.93. The molecule has 0 atom stereocenters. The fourth-order valence-corrected chi connectivity index (χ4v) is 2.82. The van der Waals surface area contributed by atoms with Crippen molar-refractivity contribution < 1.29 is 0 Å². The van der Waals surface area contributed by atoms with E-state index in [1.165, 1.54) is 11.3 Å². The highest BCUT2D eigenvalue weighted by Gasteiger charge is 2.08. The number of nitrogens with zero attached hydrogens (tertiary/aromatic N) is 4. The van der Waals surface area contributed by atoms with Crippen LogP contribution in [0.2, 0.25) is 0 Å². The summed E-state index contributed by atoms with van der Waals surface area (Å²) < 4.78 is 1.61. The largest absolute Gasteiger partial charge is 0.374 e. The topological polar surface area (TPSA) is 86.7 Å². The second-order valence-corrected chi connectivity index (χ2v) is 6.02. The van der Waals surface area contributed by atoms with Crippen molar-refractivity contribution in [1.82, 2.24) is 19.7 Å². The molecule has 0 aliphatic rings. The summed E-state index contributed by atoms with van der Waals surface area (Å²) in [5.41, 5.74) is 8.48. The highest BCUT2D eigenvalue weighted by atomic mass is 32.1. The van der Waals surface area contributed by atoms with Crippen molar-refractivity contribution in [2.24, 2.45) is 0 Å². The number of benzene rings is 1. The summed E-state index contributed by atoms with van der Waals surface area (Å²) in [5.74, 6) is 0. The third-order valence-corrected chi connectivity index (χ3v) is 4.38. The van der Waals surface area contributed by atoms with Gasteiger partial charge in [-0.1, -0.05) is 17.4 Å².